The van der Waals surface area contributed by atoms with Gasteiger partial charge in [-0.15, -0.1) is 0 Å². The molecule has 2 N–H and O–H groups in total. The van der Waals surface area contributed by atoms with Gasteiger partial charge in [0, 0.05) is 13.3 Å². The Morgan fingerprint density at radius 2 is 2.00 bits per heavy atom. The molecular formula is C13H21NO6. The van der Waals surface area contributed by atoms with Gasteiger partial charge in [0.1, 0.15) is 17.8 Å². The van der Waals surface area contributed by atoms with Crippen LogP contribution in [0.25, 0.3) is 0 Å². The molecule has 0 aromatic heterocycles. The van der Waals surface area contributed by atoms with E-state index in [9.17, 15) is 9.90 Å². The lowest BCUT2D eigenvalue weighted by atomic mass is 9.84. The zero-order valence-electron chi connectivity index (χ0n) is 12.0. The van der Waals surface area contributed by atoms with Gasteiger partial charge in [-0.2, -0.15) is 0 Å². The third-order valence-corrected chi connectivity index (χ3v) is 4.19. The Labute approximate surface area is 117 Å². The summed E-state index contributed by atoms with van der Waals surface area (Å²) in [7, 11) is 0. The SMILES string of the molecule is CC(=O)NC12COC(CO)(CCO1)C1OC(C)(C)OC12. The van der Waals surface area contributed by atoms with Crippen LogP contribution in [0.2, 0.25) is 0 Å². The first-order valence-electron chi connectivity index (χ1n) is 6.86. The number of fused-ring (bicyclic) bond motifs is 3. The molecule has 2 bridgehead atoms. The second-order valence-electron chi connectivity index (χ2n) is 6.16. The molecule has 7 heteroatoms. The molecule has 4 rings (SSSR count). The number of aliphatic hydroxyl groups excluding tert-OH is 1. The average Bonchev–Trinajstić information content (AvgIpc) is 2.53. The van der Waals surface area contributed by atoms with E-state index in [0.717, 1.165) is 0 Å². The predicted octanol–water partition coefficient (Wildman–Crippen LogP) is -0.479. The fraction of sp³-hybridized carbons (Fsp3) is 0.923. The summed E-state index contributed by atoms with van der Waals surface area (Å²) in [5.41, 5.74) is -1.89. The number of ether oxygens (including phenoxy) is 4. The smallest absolute Gasteiger partial charge is 0.219 e. The van der Waals surface area contributed by atoms with Gasteiger partial charge in [0.15, 0.2) is 11.5 Å². The highest BCUT2D eigenvalue weighted by Gasteiger charge is 2.67. The van der Waals surface area contributed by atoms with E-state index in [2.05, 4.69) is 5.32 Å². The number of nitrogens with one attached hydrogen (secondary N) is 1. The fourth-order valence-corrected chi connectivity index (χ4v) is 3.30. The first-order valence-corrected chi connectivity index (χ1v) is 6.86. The van der Waals surface area contributed by atoms with Crippen LogP contribution in [0.5, 0.6) is 0 Å². The summed E-state index contributed by atoms with van der Waals surface area (Å²) in [5, 5.41) is 12.6. The monoisotopic (exact) mass is 287 g/mol. The lowest BCUT2D eigenvalue weighted by Gasteiger charge is -2.47. The third kappa shape index (κ3) is 1.96. The average molecular weight is 287 g/mol. The van der Waals surface area contributed by atoms with Crippen LogP contribution in [0.4, 0.5) is 0 Å². The number of hydrogen-bond donors (Lipinski definition) is 2. The van der Waals surface area contributed by atoms with E-state index >= 15 is 0 Å². The summed E-state index contributed by atoms with van der Waals surface area (Å²) in [5.74, 6) is -1.03. The van der Waals surface area contributed by atoms with Gasteiger partial charge in [-0.05, 0) is 13.8 Å². The molecule has 20 heavy (non-hydrogen) atoms. The number of aliphatic hydroxyl groups is 1. The summed E-state index contributed by atoms with van der Waals surface area (Å²) in [6.45, 7) is 5.34. The lowest BCUT2D eigenvalue weighted by Crippen LogP contribution is -2.70. The van der Waals surface area contributed by atoms with Crippen molar-refractivity contribution in [3.63, 3.8) is 0 Å². The molecule has 4 unspecified atom stereocenters. The maximum atomic E-state index is 11.5. The maximum absolute atomic E-state index is 11.5. The Morgan fingerprint density at radius 1 is 1.30 bits per heavy atom. The summed E-state index contributed by atoms with van der Waals surface area (Å²) in [6.07, 6.45) is -0.499. The van der Waals surface area contributed by atoms with Crippen molar-refractivity contribution in [2.75, 3.05) is 19.8 Å². The molecule has 4 aliphatic rings. The molecular weight excluding hydrogens is 266 g/mol. The summed E-state index contributed by atoms with van der Waals surface area (Å²) in [6, 6.07) is 0. The van der Waals surface area contributed by atoms with Crippen LogP contribution in [-0.4, -0.2) is 60.2 Å². The highest BCUT2D eigenvalue weighted by Crippen LogP contribution is 2.47. The van der Waals surface area contributed by atoms with Crippen LogP contribution in [0, 0.1) is 0 Å². The van der Waals surface area contributed by atoms with Crippen molar-refractivity contribution in [1.29, 1.82) is 0 Å². The largest absolute Gasteiger partial charge is 0.393 e. The molecule has 4 aliphatic heterocycles. The highest BCUT2D eigenvalue weighted by molar-refractivity contribution is 5.73. The van der Waals surface area contributed by atoms with Crippen LogP contribution >= 0.6 is 0 Å². The Kier molecular flexibility index (Phi) is 3.11. The second kappa shape index (κ2) is 4.38. The third-order valence-electron chi connectivity index (χ3n) is 4.19. The number of amides is 1. The summed E-state index contributed by atoms with van der Waals surface area (Å²) >= 11 is 0. The molecule has 0 radical (unpaired) electrons. The van der Waals surface area contributed by atoms with Crippen molar-refractivity contribution in [3.05, 3.63) is 0 Å². The molecule has 0 aliphatic carbocycles. The molecule has 1 amide bonds. The zero-order valence-corrected chi connectivity index (χ0v) is 12.0. The van der Waals surface area contributed by atoms with Gasteiger partial charge in [0.25, 0.3) is 0 Å². The van der Waals surface area contributed by atoms with E-state index < -0.39 is 29.3 Å². The van der Waals surface area contributed by atoms with Crippen LogP contribution in [-0.2, 0) is 23.7 Å². The van der Waals surface area contributed by atoms with Crippen molar-refractivity contribution in [2.24, 2.45) is 0 Å². The van der Waals surface area contributed by atoms with Crippen molar-refractivity contribution >= 4 is 5.91 Å². The standard InChI is InChI=1S/C13H21NO6/c1-8(16)14-13-7-18-12(6-15,4-5-17-13)9-10(13)20-11(2,3)19-9/h9-10,15H,4-7H2,1-3H3,(H,14,16). The highest BCUT2D eigenvalue weighted by atomic mass is 16.8. The minimum atomic E-state index is -1.06. The van der Waals surface area contributed by atoms with Crippen LogP contribution in [0.3, 0.4) is 0 Å². The van der Waals surface area contributed by atoms with Gasteiger partial charge in [-0.3, -0.25) is 4.79 Å². The summed E-state index contributed by atoms with van der Waals surface area (Å²) in [4.78, 5) is 11.5. The Morgan fingerprint density at radius 3 is 2.65 bits per heavy atom. The number of carbonyl (C=O) groups excluding carboxylic acids is 1. The van der Waals surface area contributed by atoms with E-state index in [-0.39, 0.29) is 19.1 Å². The second-order valence-corrected chi connectivity index (χ2v) is 6.16. The van der Waals surface area contributed by atoms with Gasteiger partial charge in [-0.1, -0.05) is 0 Å². The minimum Gasteiger partial charge on any atom is -0.393 e. The van der Waals surface area contributed by atoms with Crippen LogP contribution in [0.15, 0.2) is 0 Å². The van der Waals surface area contributed by atoms with Gasteiger partial charge >= 0.3 is 0 Å². The van der Waals surface area contributed by atoms with E-state index in [1.807, 2.05) is 0 Å². The quantitative estimate of drug-likeness (QED) is 0.713. The van der Waals surface area contributed by atoms with Crippen molar-refractivity contribution < 1.29 is 28.8 Å². The molecule has 4 fully saturated rings. The van der Waals surface area contributed by atoms with Gasteiger partial charge < -0.3 is 29.4 Å². The molecule has 0 saturated carbocycles. The first kappa shape index (κ1) is 14.2. The molecule has 4 saturated heterocycles. The number of carbonyl (C=O) groups is 1. The predicted molar refractivity (Wildman–Crippen MR) is 66.7 cm³/mol. The van der Waals surface area contributed by atoms with Crippen molar-refractivity contribution in [1.82, 2.24) is 5.32 Å². The zero-order chi connectivity index (χ0) is 14.6. The Hall–Kier alpha value is -0.730. The Balaban J connectivity index is 2.01. The molecule has 0 aromatic carbocycles. The van der Waals surface area contributed by atoms with E-state index in [4.69, 9.17) is 18.9 Å². The number of rotatable bonds is 2. The van der Waals surface area contributed by atoms with Gasteiger partial charge in [0.05, 0.1) is 19.8 Å². The topological polar surface area (TPSA) is 86.3 Å². The van der Waals surface area contributed by atoms with Crippen molar-refractivity contribution in [2.45, 2.75) is 56.5 Å². The molecule has 4 heterocycles. The number of hydrogen-bond acceptors (Lipinski definition) is 6. The van der Waals surface area contributed by atoms with E-state index in [1.165, 1.54) is 6.92 Å². The molecule has 7 nitrogen and oxygen atoms in total. The Bertz CT molecular complexity index is 427. The molecule has 0 spiro atoms. The van der Waals surface area contributed by atoms with Gasteiger partial charge in [0.2, 0.25) is 5.91 Å². The molecule has 114 valence electrons. The van der Waals surface area contributed by atoms with E-state index in [0.29, 0.717) is 13.0 Å². The minimum absolute atomic E-state index is 0.133. The molecule has 4 atom stereocenters. The summed E-state index contributed by atoms with van der Waals surface area (Å²) < 4.78 is 23.6. The van der Waals surface area contributed by atoms with Gasteiger partial charge in [-0.25, -0.2) is 0 Å². The van der Waals surface area contributed by atoms with Crippen LogP contribution < -0.4 is 5.32 Å². The first-order chi connectivity index (χ1) is 9.33. The normalized spacial score (nSPS) is 45.8. The lowest BCUT2D eigenvalue weighted by molar-refractivity contribution is -0.240. The van der Waals surface area contributed by atoms with Crippen molar-refractivity contribution in [3.8, 4) is 0 Å². The fourth-order valence-electron chi connectivity index (χ4n) is 3.30. The maximum Gasteiger partial charge on any atom is 0.219 e. The molecule has 0 aromatic rings. The van der Waals surface area contributed by atoms with Crippen LogP contribution in [0.1, 0.15) is 27.2 Å². The van der Waals surface area contributed by atoms with E-state index in [1.54, 1.807) is 13.8 Å².